The van der Waals surface area contributed by atoms with Crippen molar-refractivity contribution >= 4 is 42.7 Å². The third-order valence-electron chi connectivity index (χ3n) is 4.62. The van der Waals surface area contributed by atoms with E-state index >= 15 is 0 Å². The van der Waals surface area contributed by atoms with E-state index in [0.717, 1.165) is 15.9 Å². The second-order valence-corrected chi connectivity index (χ2v) is 15.1. The number of ether oxygens (including phenoxy) is 1. The normalized spacial score (nSPS) is 12.8. The van der Waals surface area contributed by atoms with Gasteiger partial charge in [-0.15, -0.1) is 0 Å². The molecule has 0 unspecified atom stereocenters. The van der Waals surface area contributed by atoms with Crippen molar-refractivity contribution in [3.05, 3.63) is 91.0 Å². The first kappa shape index (κ1) is 18.8. The summed E-state index contributed by atoms with van der Waals surface area (Å²) >= 11 is 4.22. The molecule has 3 aromatic rings. The van der Waals surface area contributed by atoms with Gasteiger partial charge in [0.15, 0.2) is 0 Å². The summed E-state index contributed by atoms with van der Waals surface area (Å²) in [5.41, 5.74) is 0. The molecule has 3 aromatic carbocycles. The molecular formula is C22H22BrO2P. The van der Waals surface area contributed by atoms with E-state index in [9.17, 15) is 4.79 Å². The number of rotatable bonds is 6. The Morgan fingerprint density at radius 3 is 1.42 bits per heavy atom. The van der Waals surface area contributed by atoms with Crippen molar-refractivity contribution in [1.82, 2.24) is 0 Å². The Bertz CT molecular complexity index is 767. The number of carbonyl (C=O) groups is 1. The molecule has 0 atom stereocenters. The van der Waals surface area contributed by atoms with Crippen molar-refractivity contribution in [3.8, 4) is 0 Å². The van der Waals surface area contributed by atoms with Gasteiger partial charge in [-0.2, -0.15) is 0 Å². The predicted molar refractivity (Wildman–Crippen MR) is 116 cm³/mol. The molecule has 134 valence electrons. The average molecular weight is 429 g/mol. The Morgan fingerprint density at radius 1 is 0.769 bits per heavy atom. The van der Waals surface area contributed by atoms with Crippen LogP contribution in [0.4, 0.5) is 0 Å². The molecule has 2 nitrogen and oxygen atoms in total. The van der Waals surface area contributed by atoms with Crippen molar-refractivity contribution < 1.29 is 9.53 Å². The molecule has 26 heavy (non-hydrogen) atoms. The van der Waals surface area contributed by atoms with E-state index in [1.807, 2.05) is 61.5 Å². The SMILES string of the molecule is CCOC(=O)CP(Br)(c1ccccc1)(c1ccccc1)c1ccccc1. The fourth-order valence-corrected chi connectivity index (χ4v) is 10.5. The molecule has 4 heteroatoms. The van der Waals surface area contributed by atoms with Gasteiger partial charge in [0, 0.05) is 0 Å². The summed E-state index contributed by atoms with van der Waals surface area (Å²) in [4.78, 5) is 12.8. The Balaban J connectivity index is 2.37. The van der Waals surface area contributed by atoms with E-state index in [1.165, 1.54) is 0 Å². The second kappa shape index (κ2) is 7.73. The Labute approximate surface area is 162 Å². The number of carbonyl (C=O) groups excluding carboxylic acids is 1. The first-order valence-corrected chi connectivity index (χ1v) is 13.1. The maximum atomic E-state index is 12.8. The van der Waals surface area contributed by atoms with Crippen LogP contribution in [0.5, 0.6) is 0 Å². The molecule has 0 amide bonds. The summed E-state index contributed by atoms with van der Waals surface area (Å²) in [5, 5.41) is 0.146. The van der Waals surface area contributed by atoms with Crippen LogP contribution >= 0.6 is 20.8 Å². The van der Waals surface area contributed by atoms with Crippen LogP contribution < -0.4 is 15.9 Å². The van der Waals surface area contributed by atoms with Crippen LogP contribution in [0.3, 0.4) is 0 Å². The van der Waals surface area contributed by atoms with E-state index in [2.05, 4.69) is 51.9 Å². The van der Waals surface area contributed by atoms with E-state index in [-0.39, 0.29) is 12.1 Å². The third-order valence-corrected chi connectivity index (χ3v) is 14.0. The topological polar surface area (TPSA) is 26.3 Å². The van der Waals surface area contributed by atoms with Crippen molar-refractivity contribution in [1.29, 1.82) is 0 Å². The van der Waals surface area contributed by atoms with Crippen molar-refractivity contribution in [2.24, 2.45) is 0 Å². The molecule has 0 aromatic heterocycles. The molecule has 0 spiro atoms. The average Bonchev–Trinajstić information content (AvgIpc) is 2.70. The summed E-state index contributed by atoms with van der Waals surface area (Å²) in [6.07, 6.45) is 0.275. The molecule has 0 bridgehead atoms. The van der Waals surface area contributed by atoms with Crippen LogP contribution in [0.1, 0.15) is 6.92 Å². The Kier molecular flexibility index (Phi) is 5.60. The van der Waals surface area contributed by atoms with Gasteiger partial charge in [0.2, 0.25) is 0 Å². The summed E-state index contributed by atoms with van der Waals surface area (Å²) in [6, 6.07) is 30.7. The Hall–Kier alpha value is -1.96. The van der Waals surface area contributed by atoms with Crippen molar-refractivity contribution in [2.45, 2.75) is 6.92 Å². The van der Waals surface area contributed by atoms with Crippen molar-refractivity contribution in [3.63, 3.8) is 0 Å². The standard InChI is InChI=1S/C22H22BrO2P/c1-2-25-22(24)18-26(23,19-12-6-3-7-13-19,20-14-8-4-9-15-20)21-16-10-5-11-17-21/h3-17H,2,18H2,1H3. The number of halogens is 1. The first-order chi connectivity index (χ1) is 12.6. The molecule has 3 rings (SSSR count). The molecule has 0 aliphatic heterocycles. The summed E-state index contributed by atoms with van der Waals surface area (Å²) in [6.45, 7) is 2.21. The van der Waals surface area contributed by atoms with E-state index in [0.29, 0.717) is 6.61 Å². The van der Waals surface area contributed by atoms with Crippen LogP contribution in [0.15, 0.2) is 91.0 Å². The second-order valence-electron chi connectivity index (χ2n) is 6.15. The van der Waals surface area contributed by atoms with Crippen LogP contribution in [-0.2, 0) is 9.53 Å². The van der Waals surface area contributed by atoms with E-state index in [1.54, 1.807) is 0 Å². The molecule has 0 saturated carbocycles. The quantitative estimate of drug-likeness (QED) is 0.429. The fourth-order valence-electron chi connectivity index (χ4n) is 3.39. The minimum absolute atomic E-state index is 0.196. The molecule has 0 aliphatic carbocycles. The number of hydrogen-bond acceptors (Lipinski definition) is 2. The molecule has 0 fully saturated rings. The first-order valence-electron chi connectivity index (χ1n) is 8.65. The van der Waals surface area contributed by atoms with Crippen LogP contribution in [0.2, 0.25) is 0 Å². The summed E-state index contributed by atoms with van der Waals surface area (Å²) in [5.74, 6) is -0.196. The van der Waals surface area contributed by atoms with Crippen molar-refractivity contribution in [2.75, 3.05) is 12.8 Å². The molecule has 0 saturated heterocycles. The molecule has 0 N–H and O–H groups in total. The number of hydrogen-bond donors (Lipinski definition) is 0. The van der Waals surface area contributed by atoms with Gasteiger partial charge in [-0.3, -0.25) is 0 Å². The molecular weight excluding hydrogens is 407 g/mol. The van der Waals surface area contributed by atoms with Gasteiger partial charge in [-0.1, -0.05) is 0 Å². The number of esters is 1. The van der Waals surface area contributed by atoms with Gasteiger partial charge in [0.1, 0.15) is 0 Å². The van der Waals surface area contributed by atoms with Crippen LogP contribution in [0, 0.1) is 0 Å². The molecule has 0 heterocycles. The minimum atomic E-state index is -3.20. The van der Waals surface area contributed by atoms with Gasteiger partial charge >= 0.3 is 163 Å². The van der Waals surface area contributed by atoms with Gasteiger partial charge < -0.3 is 0 Å². The van der Waals surface area contributed by atoms with Gasteiger partial charge in [-0.05, 0) is 0 Å². The number of benzene rings is 3. The van der Waals surface area contributed by atoms with Gasteiger partial charge in [0.05, 0.1) is 0 Å². The van der Waals surface area contributed by atoms with Crippen LogP contribution in [-0.4, -0.2) is 18.7 Å². The monoisotopic (exact) mass is 428 g/mol. The predicted octanol–water partition coefficient (Wildman–Crippen LogP) is 4.39. The van der Waals surface area contributed by atoms with Gasteiger partial charge in [0.25, 0.3) is 0 Å². The fraction of sp³-hybridized carbons (Fsp3) is 0.136. The summed E-state index contributed by atoms with van der Waals surface area (Å²) in [7, 11) is 0. The maximum absolute atomic E-state index is 12.8. The van der Waals surface area contributed by atoms with Crippen LogP contribution in [0.25, 0.3) is 0 Å². The van der Waals surface area contributed by atoms with Gasteiger partial charge in [-0.25, -0.2) is 0 Å². The molecule has 0 radical (unpaired) electrons. The van der Waals surface area contributed by atoms with E-state index in [4.69, 9.17) is 4.74 Å². The van der Waals surface area contributed by atoms with E-state index < -0.39 is 5.31 Å². The zero-order valence-corrected chi connectivity index (χ0v) is 17.2. The third kappa shape index (κ3) is 3.22. The Morgan fingerprint density at radius 2 is 1.12 bits per heavy atom. The zero-order valence-electron chi connectivity index (χ0n) is 14.7. The zero-order chi connectivity index (χ0) is 18.5. The summed E-state index contributed by atoms with van der Waals surface area (Å²) < 4.78 is 5.39. The molecule has 0 aliphatic rings.